The van der Waals surface area contributed by atoms with Crippen LogP contribution in [0.25, 0.3) is 16.6 Å². The van der Waals surface area contributed by atoms with E-state index in [0.29, 0.717) is 11.5 Å². The summed E-state index contributed by atoms with van der Waals surface area (Å²) in [6.45, 7) is 3.93. The highest BCUT2D eigenvalue weighted by molar-refractivity contribution is 6.37. The van der Waals surface area contributed by atoms with Crippen molar-refractivity contribution in [1.82, 2.24) is 9.61 Å². The van der Waals surface area contributed by atoms with E-state index in [1.54, 1.807) is 10.7 Å². The lowest BCUT2D eigenvalue weighted by Crippen LogP contribution is -2.03. The number of fused-ring (bicyclic) bond motifs is 1. The molecule has 18 heavy (non-hydrogen) atoms. The second-order valence-electron chi connectivity index (χ2n) is 4.51. The van der Waals surface area contributed by atoms with E-state index in [9.17, 15) is 0 Å². The number of hydrogen-bond acceptors (Lipinski definition) is 1. The van der Waals surface area contributed by atoms with Crippen LogP contribution < -0.4 is 5.46 Å². The first kappa shape index (κ1) is 9.95. The predicted molar refractivity (Wildman–Crippen MR) is 75.5 cm³/mol. The third-order valence-electron chi connectivity index (χ3n) is 3.16. The summed E-state index contributed by atoms with van der Waals surface area (Å²) in [7, 11) is 6.02. The Kier molecular flexibility index (Phi) is 2.22. The fourth-order valence-corrected chi connectivity index (χ4v) is 2.14. The SMILES string of the molecule is [2H]c1cc(-c2ccc(C)cc2)c2c([B])cnn2c1C. The van der Waals surface area contributed by atoms with E-state index >= 15 is 0 Å². The van der Waals surface area contributed by atoms with Crippen LogP contribution in [0.2, 0.25) is 0 Å². The summed E-state index contributed by atoms with van der Waals surface area (Å²) in [5.74, 6) is 0. The monoisotopic (exact) mass is 233 g/mol. The van der Waals surface area contributed by atoms with Crippen molar-refractivity contribution in [2.75, 3.05) is 0 Å². The third-order valence-corrected chi connectivity index (χ3v) is 3.16. The van der Waals surface area contributed by atoms with Crippen molar-refractivity contribution >= 4 is 18.8 Å². The Bertz CT molecular complexity index is 760. The predicted octanol–water partition coefficient (Wildman–Crippen LogP) is 2.41. The Hall–Kier alpha value is -2.03. The van der Waals surface area contributed by atoms with Crippen molar-refractivity contribution in [3.63, 3.8) is 0 Å². The van der Waals surface area contributed by atoms with E-state index in [4.69, 9.17) is 9.22 Å². The van der Waals surface area contributed by atoms with Gasteiger partial charge in [0.1, 0.15) is 7.85 Å². The lowest BCUT2D eigenvalue weighted by Gasteiger charge is -2.08. The highest BCUT2D eigenvalue weighted by Gasteiger charge is 2.09. The average molecular weight is 233 g/mol. The van der Waals surface area contributed by atoms with Crippen LogP contribution in [-0.4, -0.2) is 17.5 Å². The van der Waals surface area contributed by atoms with Gasteiger partial charge < -0.3 is 0 Å². The molecule has 2 radical (unpaired) electrons. The van der Waals surface area contributed by atoms with Crippen molar-refractivity contribution in [3.05, 3.63) is 53.8 Å². The maximum Gasteiger partial charge on any atom is 0.119 e. The summed E-state index contributed by atoms with van der Waals surface area (Å²) in [6.07, 6.45) is 1.64. The quantitative estimate of drug-likeness (QED) is 0.590. The largest absolute Gasteiger partial charge is 0.238 e. The minimum absolute atomic E-state index is 0.464. The molecule has 0 amide bonds. The molecule has 2 aromatic heterocycles. The zero-order valence-electron chi connectivity index (χ0n) is 11.4. The van der Waals surface area contributed by atoms with Crippen molar-refractivity contribution in [2.24, 2.45) is 0 Å². The normalized spacial score (nSPS) is 11.8. The van der Waals surface area contributed by atoms with Gasteiger partial charge in [-0.1, -0.05) is 41.4 Å². The first-order chi connectivity index (χ1) is 9.08. The van der Waals surface area contributed by atoms with E-state index in [1.165, 1.54) is 5.56 Å². The van der Waals surface area contributed by atoms with Gasteiger partial charge in [0.25, 0.3) is 0 Å². The van der Waals surface area contributed by atoms with Crippen molar-refractivity contribution in [3.8, 4) is 11.1 Å². The molecule has 0 unspecified atom stereocenters. The van der Waals surface area contributed by atoms with Crippen LogP contribution in [0.1, 0.15) is 12.6 Å². The topological polar surface area (TPSA) is 17.3 Å². The molecule has 0 spiro atoms. The summed E-state index contributed by atoms with van der Waals surface area (Å²) >= 11 is 0. The number of nitrogens with zero attached hydrogens (tertiary/aromatic N) is 2. The van der Waals surface area contributed by atoms with E-state index in [0.717, 1.165) is 22.3 Å². The molecule has 3 heteroatoms. The number of aryl methyl sites for hydroxylation is 2. The minimum Gasteiger partial charge on any atom is -0.238 e. The summed E-state index contributed by atoms with van der Waals surface area (Å²) in [4.78, 5) is 0. The number of aromatic nitrogens is 2. The molecule has 1 aromatic carbocycles. The van der Waals surface area contributed by atoms with Gasteiger partial charge in [0.15, 0.2) is 0 Å². The van der Waals surface area contributed by atoms with Gasteiger partial charge in [-0.15, -0.1) is 0 Å². The fourth-order valence-electron chi connectivity index (χ4n) is 2.14. The van der Waals surface area contributed by atoms with Gasteiger partial charge in [-0.2, -0.15) is 5.10 Å². The fraction of sp³-hybridized carbons (Fsp3) is 0.133. The molecular weight excluding hydrogens is 219 g/mol. The van der Waals surface area contributed by atoms with Crippen LogP contribution in [-0.2, 0) is 0 Å². The molecule has 0 fully saturated rings. The molecule has 86 valence electrons. The summed E-state index contributed by atoms with van der Waals surface area (Å²) < 4.78 is 9.78. The Morgan fingerprint density at radius 3 is 2.61 bits per heavy atom. The molecule has 0 aliphatic rings. The van der Waals surface area contributed by atoms with E-state index < -0.39 is 0 Å². The number of hydrogen-bond donors (Lipinski definition) is 0. The maximum atomic E-state index is 8.04. The van der Waals surface area contributed by atoms with Crippen molar-refractivity contribution in [2.45, 2.75) is 13.8 Å². The highest BCUT2D eigenvalue weighted by Crippen LogP contribution is 2.24. The molecule has 2 heterocycles. The smallest absolute Gasteiger partial charge is 0.119 e. The lowest BCUT2D eigenvalue weighted by atomic mass is 9.93. The van der Waals surface area contributed by atoms with Gasteiger partial charge in [-0.05, 0) is 25.5 Å². The molecule has 0 bridgehead atoms. The molecule has 2 nitrogen and oxygen atoms in total. The number of benzene rings is 1. The lowest BCUT2D eigenvalue weighted by molar-refractivity contribution is 0.915. The number of pyridine rings is 1. The van der Waals surface area contributed by atoms with Gasteiger partial charge in [-0.25, -0.2) is 4.52 Å². The Morgan fingerprint density at radius 1 is 1.17 bits per heavy atom. The third kappa shape index (κ3) is 1.63. The number of rotatable bonds is 1. The average Bonchev–Trinajstić information content (AvgIpc) is 2.78. The standard InChI is InChI=1S/C15H13BN2/c1-10-3-6-12(7-4-10)13-8-5-11(2)18-15(13)14(16)9-17-18/h3-9H,1-2H3/i5D. The molecule has 0 saturated carbocycles. The van der Waals surface area contributed by atoms with Crippen LogP contribution in [0, 0.1) is 13.8 Å². The van der Waals surface area contributed by atoms with Crippen LogP contribution in [0.3, 0.4) is 0 Å². The van der Waals surface area contributed by atoms with Gasteiger partial charge in [0, 0.05) is 17.5 Å². The van der Waals surface area contributed by atoms with Crippen LogP contribution in [0.4, 0.5) is 0 Å². The van der Waals surface area contributed by atoms with E-state index in [-0.39, 0.29) is 0 Å². The molecule has 0 saturated heterocycles. The van der Waals surface area contributed by atoms with E-state index in [1.807, 2.05) is 25.1 Å². The molecule has 0 N–H and O–H groups in total. The zero-order chi connectivity index (χ0) is 13.6. The van der Waals surface area contributed by atoms with E-state index in [2.05, 4.69) is 24.2 Å². The van der Waals surface area contributed by atoms with Crippen LogP contribution in [0.15, 0.2) is 42.6 Å². The molecule has 0 aliphatic heterocycles. The summed E-state index contributed by atoms with van der Waals surface area (Å²) in [5.41, 5.74) is 5.51. The van der Waals surface area contributed by atoms with Crippen LogP contribution in [0.5, 0.6) is 0 Å². The first-order valence-electron chi connectivity index (χ1n) is 6.38. The summed E-state index contributed by atoms with van der Waals surface area (Å²) in [6, 6.07) is 10.5. The van der Waals surface area contributed by atoms with Gasteiger partial charge in [0.05, 0.1) is 6.89 Å². The zero-order valence-corrected chi connectivity index (χ0v) is 10.4. The summed E-state index contributed by atoms with van der Waals surface area (Å²) in [5, 5.41) is 4.25. The van der Waals surface area contributed by atoms with Gasteiger partial charge >= 0.3 is 0 Å². The Labute approximate surface area is 109 Å². The van der Waals surface area contributed by atoms with Crippen LogP contribution >= 0.6 is 0 Å². The second kappa shape index (κ2) is 4.02. The van der Waals surface area contributed by atoms with Crippen molar-refractivity contribution < 1.29 is 1.37 Å². The molecule has 3 aromatic rings. The maximum absolute atomic E-state index is 8.04. The second-order valence-corrected chi connectivity index (χ2v) is 4.51. The van der Waals surface area contributed by atoms with Gasteiger partial charge in [-0.3, -0.25) is 0 Å². The Balaban J connectivity index is 2.37. The highest BCUT2D eigenvalue weighted by atomic mass is 15.2. The minimum atomic E-state index is 0.464. The molecular formula is C15H13BN2. The molecule has 0 atom stereocenters. The Morgan fingerprint density at radius 2 is 1.89 bits per heavy atom. The van der Waals surface area contributed by atoms with Crippen molar-refractivity contribution in [1.29, 1.82) is 0 Å². The first-order valence-corrected chi connectivity index (χ1v) is 5.88. The molecule has 3 rings (SSSR count). The molecule has 0 aliphatic carbocycles. The van der Waals surface area contributed by atoms with Gasteiger partial charge in [0.2, 0.25) is 0 Å².